The molecule has 1 aliphatic heterocycles. The van der Waals surface area contributed by atoms with Gasteiger partial charge in [0.1, 0.15) is 23.0 Å². The number of benzene rings is 2. The van der Waals surface area contributed by atoms with E-state index in [4.69, 9.17) is 14.2 Å². The van der Waals surface area contributed by atoms with E-state index < -0.39 is 17.7 Å². The van der Waals surface area contributed by atoms with Crippen LogP contribution in [0.5, 0.6) is 17.2 Å². The van der Waals surface area contributed by atoms with Crippen molar-refractivity contribution in [2.75, 3.05) is 48.0 Å². The predicted octanol–water partition coefficient (Wildman–Crippen LogP) is 3.72. The Morgan fingerprint density at radius 1 is 1.03 bits per heavy atom. The van der Waals surface area contributed by atoms with Gasteiger partial charge in [-0.3, -0.25) is 9.59 Å². The van der Waals surface area contributed by atoms with Crippen molar-refractivity contribution in [3.63, 3.8) is 0 Å². The molecule has 0 radical (unpaired) electrons. The van der Waals surface area contributed by atoms with Gasteiger partial charge in [0, 0.05) is 24.2 Å². The van der Waals surface area contributed by atoms with Crippen molar-refractivity contribution in [1.29, 1.82) is 0 Å². The number of aliphatic hydroxyl groups is 1. The molecule has 2 aromatic carbocycles. The third-order valence-electron chi connectivity index (χ3n) is 5.77. The molecule has 1 amide bonds. The predicted molar refractivity (Wildman–Crippen MR) is 134 cm³/mol. The molecule has 1 fully saturated rings. The van der Waals surface area contributed by atoms with Crippen LogP contribution in [0.15, 0.2) is 48.0 Å². The van der Waals surface area contributed by atoms with Crippen LogP contribution in [-0.4, -0.2) is 74.6 Å². The van der Waals surface area contributed by atoms with Crippen molar-refractivity contribution >= 4 is 17.4 Å². The highest BCUT2D eigenvalue weighted by Gasteiger charge is 2.47. The first-order chi connectivity index (χ1) is 16.7. The zero-order valence-electron chi connectivity index (χ0n) is 21.2. The number of hydrogen-bond donors (Lipinski definition) is 1. The summed E-state index contributed by atoms with van der Waals surface area (Å²) >= 11 is 0. The van der Waals surface area contributed by atoms with Gasteiger partial charge in [0.25, 0.3) is 11.7 Å². The van der Waals surface area contributed by atoms with E-state index in [9.17, 15) is 14.7 Å². The highest BCUT2D eigenvalue weighted by atomic mass is 16.5. The molecular weight excluding hydrogens is 448 g/mol. The Morgan fingerprint density at radius 3 is 2.26 bits per heavy atom. The summed E-state index contributed by atoms with van der Waals surface area (Å²) in [5.41, 5.74) is 0.985. The molecule has 1 heterocycles. The fourth-order valence-electron chi connectivity index (χ4n) is 3.92. The zero-order valence-corrected chi connectivity index (χ0v) is 21.2. The van der Waals surface area contributed by atoms with E-state index >= 15 is 0 Å². The standard InChI is InChI=1S/C27H34N2O6/c1-17(2)16-35-19-9-7-18(8-10-19)25(30)23-24(21-15-20(33-5)11-12-22(21)34-6)29(14-13-28(3)4)27(32)26(23)31/h7-12,15,17,24,30H,13-14,16H2,1-6H3/t24-/m0/s1. The van der Waals surface area contributed by atoms with Gasteiger partial charge in [-0.15, -0.1) is 0 Å². The number of nitrogens with zero attached hydrogens (tertiary/aromatic N) is 2. The number of likely N-dealkylation sites (N-methyl/N-ethyl adjacent to an activating group) is 1. The van der Waals surface area contributed by atoms with Crippen molar-refractivity contribution in [3.8, 4) is 17.2 Å². The van der Waals surface area contributed by atoms with E-state index in [0.717, 1.165) is 0 Å². The number of amides is 1. The van der Waals surface area contributed by atoms with Crippen molar-refractivity contribution in [1.82, 2.24) is 9.80 Å². The molecule has 0 spiro atoms. The Kier molecular flexibility index (Phi) is 8.40. The van der Waals surface area contributed by atoms with Crippen LogP contribution in [0.25, 0.3) is 5.76 Å². The topological polar surface area (TPSA) is 88.5 Å². The first-order valence-corrected chi connectivity index (χ1v) is 11.6. The molecule has 1 saturated heterocycles. The van der Waals surface area contributed by atoms with Crippen LogP contribution >= 0.6 is 0 Å². The number of carbonyl (C=O) groups excluding carboxylic acids is 2. The molecule has 3 rings (SSSR count). The lowest BCUT2D eigenvalue weighted by atomic mass is 9.94. The van der Waals surface area contributed by atoms with Crippen LogP contribution in [0, 0.1) is 5.92 Å². The molecule has 188 valence electrons. The monoisotopic (exact) mass is 482 g/mol. The minimum absolute atomic E-state index is 0.0103. The third kappa shape index (κ3) is 5.77. The molecule has 35 heavy (non-hydrogen) atoms. The molecular formula is C27H34N2O6. The number of methoxy groups -OCH3 is 2. The molecule has 0 aliphatic carbocycles. The van der Waals surface area contributed by atoms with Crippen molar-refractivity contribution in [3.05, 3.63) is 59.2 Å². The second-order valence-corrected chi connectivity index (χ2v) is 9.13. The summed E-state index contributed by atoms with van der Waals surface area (Å²) in [4.78, 5) is 29.8. The molecule has 1 atom stereocenters. The maximum absolute atomic E-state index is 13.2. The summed E-state index contributed by atoms with van der Waals surface area (Å²) in [6, 6.07) is 11.2. The van der Waals surface area contributed by atoms with Crippen LogP contribution in [0.2, 0.25) is 0 Å². The first kappa shape index (κ1) is 26.1. The van der Waals surface area contributed by atoms with Crippen molar-refractivity contribution in [2.45, 2.75) is 19.9 Å². The quantitative estimate of drug-likeness (QED) is 0.314. The lowest BCUT2D eigenvalue weighted by Gasteiger charge is -2.28. The zero-order chi connectivity index (χ0) is 25.7. The number of carbonyl (C=O) groups is 2. The SMILES string of the molecule is COc1ccc(OC)c([C@H]2C(=C(O)c3ccc(OCC(C)C)cc3)C(=O)C(=O)N2CCN(C)C)c1. The molecule has 1 aliphatic rings. The molecule has 0 unspecified atom stereocenters. The second-order valence-electron chi connectivity index (χ2n) is 9.13. The summed E-state index contributed by atoms with van der Waals surface area (Å²) in [6.45, 7) is 5.52. The van der Waals surface area contributed by atoms with Crippen molar-refractivity contribution in [2.24, 2.45) is 5.92 Å². The minimum Gasteiger partial charge on any atom is -0.507 e. The number of Topliss-reactive ketones (excluding diaryl/α,β-unsaturated/α-hetero) is 1. The second kappa shape index (κ2) is 11.3. The molecule has 8 heteroatoms. The van der Waals surface area contributed by atoms with E-state index in [2.05, 4.69) is 13.8 Å². The van der Waals surface area contributed by atoms with Crippen LogP contribution in [0.4, 0.5) is 0 Å². The Bertz CT molecular complexity index is 1090. The maximum Gasteiger partial charge on any atom is 0.295 e. The molecule has 0 aromatic heterocycles. The number of ether oxygens (including phenoxy) is 3. The number of likely N-dealkylation sites (tertiary alicyclic amines) is 1. The fourth-order valence-corrected chi connectivity index (χ4v) is 3.92. The van der Waals surface area contributed by atoms with Gasteiger partial charge in [-0.25, -0.2) is 0 Å². The lowest BCUT2D eigenvalue weighted by molar-refractivity contribution is -0.140. The highest BCUT2D eigenvalue weighted by molar-refractivity contribution is 6.46. The van der Waals surface area contributed by atoms with Gasteiger partial charge in [0.05, 0.1) is 32.4 Å². The van der Waals surface area contributed by atoms with E-state index in [-0.39, 0.29) is 11.3 Å². The number of ketones is 1. The third-order valence-corrected chi connectivity index (χ3v) is 5.77. The van der Waals surface area contributed by atoms with Gasteiger partial charge in [0.15, 0.2) is 0 Å². The highest BCUT2D eigenvalue weighted by Crippen LogP contribution is 2.43. The summed E-state index contributed by atoms with van der Waals surface area (Å²) in [6.07, 6.45) is 0. The largest absolute Gasteiger partial charge is 0.507 e. The number of hydrogen-bond acceptors (Lipinski definition) is 7. The van der Waals surface area contributed by atoms with E-state index in [1.165, 1.54) is 19.1 Å². The minimum atomic E-state index is -0.836. The molecule has 8 nitrogen and oxygen atoms in total. The Balaban J connectivity index is 2.12. The number of aliphatic hydroxyl groups excluding tert-OH is 1. The smallest absolute Gasteiger partial charge is 0.295 e. The number of rotatable bonds is 10. The van der Waals surface area contributed by atoms with Gasteiger partial charge in [0.2, 0.25) is 0 Å². The Morgan fingerprint density at radius 2 is 1.69 bits per heavy atom. The van der Waals surface area contributed by atoms with Gasteiger partial charge in [-0.1, -0.05) is 13.8 Å². The summed E-state index contributed by atoms with van der Waals surface area (Å²) in [5, 5.41) is 11.3. The molecule has 0 saturated carbocycles. The first-order valence-electron chi connectivity index (χ1n) is 11.6. The van der Waals surface area contributed by atoms with E-state index in [0.29, 0.717) is 54.0 Å². The van der Waals surface area contributed by atoms with Gasteiger partial charge < -0.3 is 29.1 Å². The van der Waals surface area contributed by atoms with E-state index in [1.807, 2.05) is 19.0 Å². The fraction of sp³-hybridized carbons (Fsp3) is 0.407. The van der Waals surface area contributed by atoms with Gasteiger partial charge >= 0.3 is 0 Å². The van der Waals surface area contributed by atoms with Crippen LogP contribution in [-0.2, 0) is 9.59 Å². The summed E-state index contributed by atoms with van der Waals surface area (Å²) in [7, 11) is 6.84. The normalized spacial score (nSPS) is 17.4. The lowest BCUT2D eigenvalue weighted by Crippen LogP contribution is -2.35. The molecule has 0 bridgehead atoms. The van der Waals surface area contributed by atoms with Gasteiger partial charge in [-0.2, -0.15) is 0 Å². The maximum atomic E-state index is 13.2. The van der Waals surface area contributed by atoms with E-state index in [1.54, 1.807) is 42.5 Å². The van der Waals surface area contributed by atoms with Crippen LogP contribution in [0.1, 0.15) is 31.0 Å². The van der Waals surface area contributed by atoms with Crippen molar-refractivity contribution < 1.29 is 28.9 Å². The average molecular weight is 483 g/mol. The molecule has 2 aromatic rings. The summed E-state index contributed by atoms with van der Waals surface area (Å²) < 4.78 is 16.7. The average Bonchev–Trinajstić information content (AvgIpc) is 3.10. The van der Waals surface area contributed by atoms with Gasteiger partial charge in [-0.05, 0) is 62.5 Å². The van der Waals surface area contributed by atoms with Crippen LogP contribution in [0.3, 0.4) is 0 Å². The summed E-state index contributed by atoms with van der Waals surface area (Å²) in [5.74, 6) is 0.408. The molecule has 1 N–H and O–H groups in total. The van der Waals surface area contributed by atoms with Crippen LogP contribution < -0.4 is 14.2 Å². The Hall–Kier alpha value is -3.52. The Labute approximate surface area is 206 Å².